The number of rotatable bonds is 4. The maximum Gasteiger partial charge on any atom is 0.211 e. The van der Waals surface area contributed by atoms with Crippen LogP contribution in [0.25, 0.3) is 0 Å². The highest BCUT2D eigenvalue weighted by atomic mass is 32.2. The molecule has 0 aliphatic carbocycles. The van der Waals surface area contributed by atoms with Crippen molar-refractivity contribution in [1.29, 1.82) is 0 Å². The van der Waals surface area contributed by atoms with Crippen LogP contribution in [0.5, 0.6) is 0 Å². The zero-order chi connectivity index (χ0) is 13.9. The molecule has 0 aromatic heterocycles. The van der Waals surface area contributed by atoms with Gasteiger partial charge in [-0.25, -0.2) is 4.99 Å². The SMILES string of the molecule is CCCC1=CC(N)=NC(N)(c2cccc(SC)c2)N1. The molecule has 5 heteroatoms. The van der Waals surface area contributed by atoms with E-state index in [9.17, 15) is 0 Å². The molecule has 1 aliphatic rings. The van der Waals surface area contributed by atoms with Crippen molar-refractivity contribution in [2.45, 2.75) is 30.4 Å². The zero-order valence-electron chi connectivity index (χ0n) is 11.3. The second-order valence-corrected chi connectivity index (χ2v) is 5.46. The number of hydrogen-bond donors (Lipinski definition) is 3. The predicted octanol–water partition coefficient (Wildman–Crippen LogP) is 2.12. The molecule has 19 heavy (non-hydrogen) atoms. The van der Waals surface area contributed by atoms with Gasteiger partial charge in [-0.05, 0) is 30.9 Å². The summed E-state index contributed by atoms with van der Waals surface area (Å²) in [5.74, 6) is -0.492. The Morgan fingerprint density at radius 3 is 2.89 bits per heavy atom. The minimum Gasteiger partial charge on any atom is -0.384 e. The summed E-state index contributed by atoms with van der Waals surface area (Å²) in [6, 6.07) is 8.05. The Morgan fingerprint density at radius 1 is 1.42 bits per heavy atom. The molecule has 1 unspecified atom stereocenters. The molecule has 5 N–H and O–H groups in total. The maximum absolute atomic E-state index is 6.39. The molecule has 0 saturated carbocycles. The summed E-state index contributed by atoms with van der Waals surface area (Å²) in [5, 5.41) is 3.29. The highest BCUT2D eigenvalue weighted by Gasteiger charge is 2.30. The first-order chi connectivity index (χ1) is 9.07. The maximum atomic E-state index is 6.39. The number of amidine groups is 1. The van der Waals surface area contributed by atoms with Crippen LogP contribution in [0.15, 0.2) is 45.9 Å². The van der Waals surface area contributed by atoms with E-state index in [-0.39, 0.29) is 0 Å². The third-order valence-corrected chi connectivity index (χ3v) is 3.73. The molecule has 4 nitrogen and oxygen atoms in total. The minimum atomic E-state index is -0.963. The monoisotopic (exact) mass is 276 g/mol. The van der Waals surface area contributed by atoms with Crippen LogP contribution in [0.2, 0.25) is 0 Å². The normalized spacial score (nSPS) is 22.5. The number of nitrogens with zero attached hydrogens (tertiary/aromatic N) is 1. The number of hydrogen-bond acceptors (Lipinski definition) is 5. The number of thioether (sulfide) groups is 1. The van der Waals surface area contributed by atoms with Crippen molar-refractivity contribution in [2.24, 2.45) is 16.5 Å². The Balaban J connectivity index is 2.35. The van der Waals surface area contributed by atoms with E-state index in [4.69, 9.17) is 11.5 Å². The van der Waals surface area contributed by atoms with Crippen LogP contribution in [0.4, 0.5) is 0 Å². The van der Waals surface area contributed by atoms with Crippen LogP contribution in [0, 0.1) is 0 Å². The van der Waals surface area contributed by atoms with Gasteiger partial charge in [-0.3, -0.25) is 5.73 Å². The van der Waals surface area contributed by atoms with Gasteiger partial charge in [0, 0.05) is 16.2 Å². The molecule has 0 saturated heterocycles. The lowest BCUT2D eigenvalue weighted by atomic mass is 10.1. The smallest absolute Gasteiger partial charge is 0.211 e. The van der Waals surface area contributed by atoms with Crippen molar-refractivity contribution >= 4 is 17.6 Å². The topological polar surface area (TPSA) is 76.4 Å². The second-order valence-electron chi connectivity index (χ2n) is 4.58. The lowest BCUT2D eigenvalue weighted by Crippen LogP contribution is -2.51. The number of nitrogens with one attached hydrogen (secondary N) is 1. The fourth-order valence-corrected chi connectivity index (χ4v) is 2.58. The van der Waals surface area contributed by atoms with Gasteiger partial charge in [0.05, 0.1) is 0 Å². The van der Waals surface area contributed by atoms with E-state index in [1.54, 1.807) is 11.8 Å². The van der Waals surface area contributed by atoms with E-state index in [0.29, 0.717) is 5.84 Å². The first kappa shape index (κ1) is 14.0. The van der Waals surface area contributed by atoms with E-state index >= 15 is 0 Å². The summed E-state index contributed by atoms with van der Waals surface area (Å²) in [6.07, 6.45) is 5.84. The average Bonchev–Trinajstić information content (AvgIpc) is 2.38. The van der Waals surface area contributed by atoms with Gasteiger partial charge in [0.25, 0.3) is 0 Å². The van der Waals surface area contributed by atoms with Gasteiger partial charge in [-0.2, -0.15) is 0 Å². The van der Waals surface area contributed by atoms with Gasteiger partial charge in [-0.15, -0.1) is 11.8 Å². The summed E-state index contributed by atoms with van der Waals surface area (Å²) in [6.45, 7) is 2.12. The molecular formula is C14H20N4S. The Kier molecular flexibility index (Phi) is 4.17. The van der Waals surface area contributed by atoms with Crippen molar-refractivity contribution in [3.8, 4) is 0 Å². The summed E-state index contributed by atoms with van der Waals surface area (Å²) in [7, 11) is 0. The molecule has 1 aromatic rings. The zero-order valence-corrected chi connectivity index (χ0v) is 12.1. The Hall–Kier alpha value is -1.46. The molecule has 102 valence electrons. The highest BCUT2D eigenvalue weighted by Crippen LogP contribution is 2.26. The number of benzene rings is 1. The number of aliphatic imine (C=N–C) groups is 1. The molecular weight excluding hydrogens is 256 g/mol. The quantitative estimate of drug-likeness (QED) is 0.736. The molecule has 0 spiro atoms. The first-order valence-electron chi connectivity index (χ1n) is 6.35. The summed E-state index contributed by atoms with van der Waals surface area (Å²) < 4.78 is 0. The number of nitrogens with two attached hydrogens (primary N) is 2. The molecule has 0 amide bonds. The highest BCUT2D eigenvalue weighted by molar-refractivity contribution is 7.98. The third-order valence-electron chi connectivity index (χ3n) is 3.01. The second kappa shape index (κ2) is 5.67. The molecule has 1 heterocycles. The molecule has 1 aliphatic heterocycles. The van der Waals surface area contributed by atoms with Gasteiger partial charge in [0.15, 0.2) is 0 Å². The molecule has 1 atom stereocenters. The lowest BCUT2D eigenvalue weighted by molar-refractivity contribution is 0.386. The van der Waals surface area contributed by atoms with Crippen LogP contribution in [0.1, 0.15) is 25.3 Å². The lowest BCUT2D eigenvalue weighted by Gasteiger charge is -2.32. The van der Waals surface area contributed by atoms with Crippen LogP contribution in [0.3, 0.4) is 0 Å². The predicted molar refractivity (Wildman–Crippen MR) is 81.8 cm³/mol. The van der Waals surface area contributed by atoms with Crippen molar-refractivity contribution < 1.29 is 0 Å². The van der Waals surface area contributed by atoms with Crippen LogP contribution < -0.4 is 16.8 Å². The van der Waals surface area contributed by atoms with E-state index < -0.39 is 5.79 Å². The van der Waals surface area contributed by atoms with Crippen LogP contribution in [-0.2, 0) is 5.79 Å². The van der Waals surface area contributed by atoms with Crippen LogP contribution in [-0.4, -0.2) is 12.1 Å². The molecule has 1 aromatic carbocycles. The van der Waals surface area contributed by atoms with Gasteiger partial charge < -0.3 is 11.1 Å². The molecule has 0 bridgehead atoms. The largest absolute Gasteiger partial charge is 0.384 e. The molecule has 0 radical (unpaired) electrons. The van der Waals surface area contributed by atoms with E-state index in [1.807, 2.05) is 30.5 Å². The van der Waals surface area contributed by atoms with E-state index in [1.165, 1.54) is 0 Å². The Bertz CT molecular complexity index is 524. The van der Waals surface area contributed by atoms with Crippen molar-refractivity contribution in [3.63, 3.8) is 0 Å². The van der Waals surface area contributed by atoms with Crippen molar-refractivity contribution in [2.75, 3.05) is 6.26 Å². The Labute approximate surface area is 118 Å². The fourth-order valence-electron chi connectivity index (χ4n) is 2.12. The van der Waals surface area contributed by atoms with Gasteiger partial charge in [0.1, 0.15) is 5.84 Å². The van der Waals surface area contributed by atoms with Crippen LogP contribution >= 0.6 is 11.8 Å². The summed E-state index contributed by atoms with van der Waals surface area (Å²) >= 11 is 1.68. The van der Waals surface area contributed by atoms with E-state index in [0.717, 1.165) is 29.0 Å². The third kappa shape index (κ3) is 3.11. The van der Waals surface area contributed by atoms with E-state index in [2.05, 4.69) is 23.3 Å². The first-order valence-corrected chi connectivity index (χ1v) is 7.57. The average molecular weight is 276 g/mol. The Morgan fingerprint density at radius 2 is 2.21 bits per heavy atom. The van der Waals surface area contributed by atoms with Gasteiger partial charge in [-0.1, -0.05) is 25.5 Å². The molecule has 0 fully saturated rings. The standard InChI is InChI=1S/C14H20N4S/c1-3-5-11-9-13(15)18-14(16,17-11)10-6-4-7-12(8-10)19-2/h4,6-9,17H,3,5,16H2,1-2H3,(H2,15,18). The fraction of sp³-hybridized carbons (Fsp3) is 0.357. The van der Waals surface area contributed by atoms with Gasteiger partial charge >= 0.3 is 0 Å². The molecule has 2 rings (SSSR count). The van der Waals surface area contributed by atoms with Gasteiger partial charge in [0.2, 0.25) is 5.79 Å². The summed E-state index contributed by atoms with van der Waals surface area (Å²) in [4.78, 5) is 5.52. The van der Waals surface area contributed by atoms with Crippen molar-refractivity contribution in [3.05, 3.63) is 41.6 Å². The van der Waals surface area contributed by atoms with Crippen molar-refractivity contribution in [1.82, 2.24) is 5.32 Å². The summed E-state index contributed by atoms with van der Waals surface area (Å²) in [5.41, 5.74) is 14.2. The minimum absolute atomic E-state index is 0.472. The number of allylic oxidation sites excluding steroid dienone is 1.